The van der Waals surface area contributed by atoms with Gasteiger partial charge in [0.15, 0.2) is 5.01 Å². The molecule has 3 aliphatic heterocycles. The summed E-state index contributed by atoms with van der Waals surface area (Å²) in [4.78, 5) is 77.3. The zero-order valence-corrected chi connectivity index (χ0v) is 34.4. The maximum atomic E-state index is 14.6. The second-order valence-corrected chi connectivity index (χ2v) is 19.7. The fraction of sp³-hybridized carbons (Fsp3) is 0.590. The third kappa shape index (κ3) is 9.68. The third-order valence-corrected chi connectivity index (χ3v) is 13.9. The lowest BCUT2D eigenvalue weighted by Crippen LogP contribution is -2.60. The highest BCUT2D eigenvalue weighted by Gasteiger charge is 2.63. The Bertz CT molecular complexity index is 2120. The van der Waals surface area contributed by atoms with Gasteiger partial charge in [0, 0.05) is 48.3 Å². The van der Waals surface area contributed by atoms with Gasteiger partial charge in [-0.05, 0) is 83.6 Å². The van der Waals surface area contributed by atoms with E-state index in [-0.39, 0.29) is 37.5 Å². The van der Waals surface area contributed by atoms with E-state index < -0.39 is 98.1 Å². The average molecular weight is 865 g/mol. The molecule has 1 aromatic carbocycles. The van der Waals surface area contributed by atoms with E-state index in [0.717, 1.165) is 36.3 Å². The highest BCUT2D eigenvalue weighted by molar-refractivity contribution is 7.91. The van der Waals surface area contributed by atoms with Crippen LogP contribution in [0, 0.1) is 17.8 Å². The minimum Gasteiger partial charge on any atom is -0.444 e. The first kappa shape index (κ1) is 42.4. The molecule has 2 saturated carbocycles. The number of thiazole rings is 1. The van der Waals surface area contributed by atoms with Crippen molar-refractivity contribution < 1.29 is 55.0 Å². The summed E-state index contributed by atoms with van der Waals surface area (Å²) in [6.45, 7) is 5.32. The summed E-state index contributed by atoms with van der Waals surface area (Å²) in [5.74, 6) is -4.40. The molecule has 4 heterocycles. The summed E-state index contributed by atoms with van der Waals surface area (Å²) in [7, 11) is -3.96. The van der Waals surface area contributed by atoms with E-state index in [1.807, 2.05) is 12.2 Å². The van der Waals surface area contributed by atoms with Crippen molar-refractivity contribution in [1.29, 1.82) is 0 Å². The second kappa shape index (κ2) is 16.0. The number of alkyl carbamates (subject to hydrolysis) is 1. The standard InChI is InChI=1S/C39H47F3N6O9S2/c1-37(2,3)57-36(53)44-28-10-8-6-4-5-7-9-24-17-38(24,35(52)46-59(54,55)26-15-16-26)45-31(49)30-27-20-47(18-23(27)19-48(30)33(28)50)34(51)32-43-29(21-58-32)22-11-13-25(14-12-22)56-39(40,41)42/h7,9,11-14,21,23-24,26-28,30H,4-6,8,10,15-20H2,1-3H3,(H,44,53)(H,45,49)(H,46,52)/b9-7-/t23-,24-,27-,28-,30-,38+/m0/s1. The Hall–Kier alpha value is -4.72. The van der Waals surface area contributed by atoms with Crippen LogP contribution < -0.4 is 20.1 Å². The molecule has 5 aliphatic rings. The van der Waals surface area contributed by atoms with Crippen molar-refractivity contribution >= 4 is 51.1 Å². The molecule has 7 rings (SSSR count). The van der Waals surface area contributed by atoms with Crippen molar-refractivity contribution in [2.75, 3.05) is 19.6 Å². The van der Waals surface area contributed by atoms with Crippen LogP contribution in [0.25, 0.3) is 11.3 Å². The molecule has 2 aliphatic carbocycles. The minimum atomic E-state index is -4.85. The van der Waals surface area contributed by atoms with Gasteiger partial charge in [0.25, 0.3) is 11.8 Å². The van der Waals surface area contributed by atoms with Crippen LogP contribution in [-0.2, 0) is 29.1 Å². The maximum absolute atomic E-state index is 14.6. The number of amides is 5. The summed E-state index contributed by atoms with van der Waals surface area (Å²) >= 11 is 1.05. The minimum absolute atomic E-state index is 0.0342. The van der Waals surface area contributed by atoms with Crippen LogP contribution in [0.3, 0.4) is 0 Å². The topological polar surface area (TPSA) is 193 Å². The number of fused-ring (bicyclic) bond motifs is 4. The van der Waals surface area contributed by atoms with Crippen LogP contribution in [-0.4, -0.2) is 107 Å². The molecule has 2 aromatic rings. The molecule has 59 heavy (non-hydrogen) atoms. The molecular weight excluding hydrogens is 818 g/mol. The lowest BCUT2D eigenvalue weighted by atomic mass is 9.93. The largest absolute Gasteiger partial charge is 0.573 e. The summed E-state index contributed by atoms with van der Waals surface area (Å²) in [6, 6.07) is 2.83. The van der Waals surface area contributed by atoms with Crippen LogP contribution in [0.4, 0.5) is 18.0 Å². The van der Waals surface area contributed by atoms with Crippen molar-refractivity contribution in [2.45, 2.75) is 107 Å². The van der Waals surface area contributed by atoms with Crippen LogP contribution in [0.5, 0.6) is 5.75 Å². The van der Waals surface area contributed by atoms with Crippen molar-refractivity contribution in [3.63, 3.8) is 0 Å². The Morgan fingerprint density at radius 1 is 1.00 bits per heavy atom. The van der Waals surface area contributed by atoms with Gasteiger partial charge in [-0.3, -0.25) is 23.9 Å². The Kier molecular flexibility index (Phi) is 11.5. The number of nitrogens with zero attached hydrogens (tertiary/aromatic N) is 3. The molecule has 0 spiro atoms. The van der Waals surface area contributed by atoms with Gasteiger partial charge in [0.1, 0.15) is 29.0 Å². The first-order valence-corrected chi connectivity index (χ1v) is 22.1. The summed E-state index contributed by atoms with van der Waals surface area (Å²) in [5, 5.41) is 6.61. The molecule has 15 nitrogen and oxygen atoms in total. The predicted octanol–water partition coefficient (Wildman–Crippen LogP) is 4.50. The van der Waals surface area contributed by atoms with E-state index in [2.05, 4.69) is 25.1 Å². The maximum Gasteiger partial charge on any atom is 0.573 e. The Morgan fingerprint density at radius 2 is 1.73 bits per heavy atom. The fourth-order valence-corrected chi connectivity index (χ4v) is 10.3. The van der Waals surface area contributed by atoms with E-state index >= 15 is 0 Å². The van der Waals surface area contributed by atoms with Crippen LogP contribution in [0.2, 0.25) is 0 Å². The number of hydrogen-bond acceptors (Lipinski definition) is 11. The Balaban J connectivity index is 1.14. The number of likely N-dealkylation sites (tertiary alicyclic amines) is 1. The highest BCUT2D eigenvalue weighted by atomic mass is 32.2. The summed E-state index contributed by atoms with van der Waals surface area (Å²) in [6.07, 6.45) is 2.05. The van der Waals surface area contributed by atoms with Gasteiger partial charge in [0.2, 0.25) is 21.8 Å². The van der Waals surface area contributed by atoms with E-state index in [4.69, 9.17) is 4.74 Å². The van der Waals surface area contributed by atoms with E-state index in [1.54, 1.807) is 26.2 Å². The number of ether oxygens (including phenoxy) is 2. The first-order chi connectivity index (χ1) is 27.7. The molecule has 3 N–H and O–H groups in total. The van der Waals surface area contributed by atoms with Gasteiger partial charge < -0.3 is 29.9 Å². The number of aromatic nitrogens is 1. The van der Waals surface area contributed by atoms with Crippen molar-refractivity contribution in [3.8, 4) is 17.0 Å². The van der Waals surface area contributed by atoms with Crippen LogP contribution in [0.1, 0.15) is 81.9 Å². The summed E-state index contributed by atoms with van der Waals surface area (Å²) < 4.78 is 75.3. The number of rotatable bonds is 7. The Morgan fingerprint density at radius 3 is 2.41 bits per heavy atom. The zero-order chi connectivity index (χ0) is 42.5. The van der Waals surface area contributed by atoms with Gasteiger partial charge >= 0.3 is 12.5 Å². The van der Waals surface area contributed by atoms with E-state index in [1.165, 1.54) is 21.9 Å². The molecule has 320 valence electrons. The van der Waals surface area contributed by atoms with Crippen LogP contribution >= 0.6 is 11.3 Å². The van der Waals surface area contributed by atoms with Gasteiger partial charge in [0.05, 0.1) is 10.9 Å². The lowest BCUT2D eigenvalue weighted by Gasteiger charge is -2.33. The number of sulfonamides is 1. The number of alkyl halides is 3. The van der Waals surface area contributed by atoms with E-state index in [0.29, 0.717) is 36.9 Å². The quantitative estimate of drug-likeness (QED) is 0.334. The highest BCUT2D eigenvalue weighted by Crippen LogP contribution is 2.47. The van der Waals surface area contributed by atoms with Crippen molar-refractivity contribution in [2.24, 2.45) is 17.8 Å². The molecule has 2 saturated heterocycles. The van der Waals surface area contributed by atoms with Crippen molar-refractivity contribution in [1.82, 2.24) is 30.1 Å². The molecule has 1 aromatic heterocycles. The molecule has 4 fully saturated rings. The van der Waals surface area contributed by atoms with Gasteiger partial charge in [-0.2, -0.15) is 0 Å². The zero-order valence-electron chi connectivity index (χ0n) is 32.7. The van der Waals surface area contributed by atoms with E-state index in [9.17, 15) is 45.6 Å². The SMILES string of the molecule is CC(C)(C)OC(=O)N[C@H]1CCCCC/C=C\[C@H]2C[C@@]2(C(=O)NS(=O)(=O)C2CC2)NC(=O)[C@@H]2[C@H]3CN(C(=O)c4nc(-c5ccc(OC(F)(F)F)cc5)cs4)C[C@H]3CN2C1=O. The monoisotopic (exact) mass is 864 g/mol. The second-order valence-electron chi connectivity index (χ2n) is 16.9. The predicted molar refractivity (Wildman–Crippen MR) is 207 cm³/mol. The number of allylic oxidation sites excluding steroid dienone is 1. The number of hydrogen-bond donors (Lipinski definition) is 3. The molecular formula is C39H47F3N6O9S2. The molecule has 20 heteroatoms. The first-order valence-electron chi connectivity index (χ1n) is 19.7. The van der Waals surface area contributed by atoms with Gasteiger partial charge in [-0.1, -0.05) is 25.0 Å². The smallest absolute Gasteiger partial charge is 0.444 e. The van der Waals surface area contributed by atoms with Gasteiger partial charge in [-0.25, -0.2) is 18.2 Å². The van der Waals surface area contributed by atoms with Crippen molar-refractivity contribution in [3.05, 3.63) is 46.8 Å². The number of benzene rings is 1. The molecule has 0 unspecified atom stereocenters. The molecule has 6 atom stereocenters. The molecule has 0 radical (unpaired) electrons. The number of carbonyl (C=O) groups is 5. The number of carbonyl (C=O) groups excluding carboxylic acids is 5. The normalized spacial score (nSPS) is 28.2. The molecule has 0 bridgehead atoms. The summed E-state index contributed by atoms with van der Waals surface area (Å²) in [5.41, 5.74) is -1.61. The lowest BCUT2D eigenvalue weighted by molar-refractivity contribution is -0.274. The average Bonchev–Trinajstić information content (AvgIpc) is 3.96. The number of halogens is 3. The Labute approximate surface area is 343 Å². The van der Waals surface area contributed by atoms with Gasteiger partial charge in [-0.15, -0.1) is 24.5 Å². The molecule has 5 amide bonds. The number of nitrogens with one attached hydrogen (secondary N) is 3. The van der Waals surface area contributed by atoms with Crippen LogP contribution in [0.15, 0.2) is 41.8 Å². The fourth-order valence-electron chi connectivity index (χ4n) is 8.15. The third-order valence-electron chi connectivity index (χ3n) is 11.3.